The second-order valence-corrected chi connectivity index (χ2v) is 6.76. The van der Waals surface area contributed by atoms with Crippen LogP contribution in [-0.4, -0.2) is 34.4 Å². The van der Waals surface area contributed by atoms with Gasteiger partial charge in [0.15, 0.2) is 11.5 Å². The van der Waals surface area contributed by atoms with Gasteiger partial charge in [-0.25, -0.2) is 4.68 Å². The number of para-hydroxylation sites is 1. The molecule has 0 radical (unpaired) electrons. The van der Waals surface area contributed by atoms with Gasteiger partial charge in [-0.3, -0.25) is 4.79 Å². The van der Waals surface area contributed by atoms with Crippen molar-refractivity contribution in [2.24, 2.45) is 0 Å². The Hall–Kier alpha value is -3.81. The number of fused-ring (bicyclic) bond motifs is 1. The molecule has 2 N–H and O–H groups in total. The summed E-state index contributed by atoms with van der Waals surface area (Å²) in [5.41, 5.74) is 2.81. The van der Waals surface area contributed by atoms with Gasteiger partial charge >= 0.3 is 0 Å². The number of hydrogen-bond donors (Lipinski definition) is 2. The summed E-state index contributed by atoms with van der Waals surface area (Å²) in [7, 11) is 1.60. The first-order valence-electron chi connectivity index (χ1n) is 9.66. The second kappa shape index (κ2) is 8.28. The Morgan fingerprint density at radius 1 is 1.20 bits per heavy atom. The number of ether oxygens (including phenoxy) is 2. The van der Waals surface area contributed by atoms with Crippen molar-refractivity contribution in [2.75, 3.05) is 24.4 Å². The van der Waals surface area contributed by atoms with Crippen molar-refractivity contribution in [3.05, 3.63) is 71.7 Å². The maximum absolute atomic E-state index is 13.3. The Morgan fingerprint density at radius 2 is 2.00 bits per heavy atom. The largest absolute Gasteiger partial charge is 0.493 e. The van der Waals surface area contributed by atoms with Crippen LogP contribution in [0.15, 0.2) is 66.1 Å². The number of nitrogens with one attached hydrogen (secondary N) is 2. The topological polar surface area (TPSA) is 90.3 Å². The molecular weight excluding hydrogens is 382 g/mol. The molecule has 8 nitrogen and oxygen atoms in total. The predicted octanol–water partition coefficient (Wildman–Crippen LogP) is 3.61. The third-order valence-electron chi connectivity index (χ3n) is 4.87. The molecule has 1 amide bonds. The molecule has 1 atom stereocenters. The van der Waals surface area contributed by atoms with Crippen molar-refractivity contribution in [3.8, 4) is 11.5 Å². The minimum absolute atomic E-state index is 0.217. The summed E-state index contributed by atoms with van der Waals surface area (Å²) in [4.78, 5) is 17.6. The van der Waals surface area contributed by atoms with Gasteiger partial charge in [-0.2, -0.15) is 10.1 Å². The van der Waals surface area contributed by atoms with E-state index >= 15 is 0 Å². The van der Waals surface area contributed by atoms with Crippen LogP contribution >= 0.6 is 0 Å². The van der Waals surface area contributed by atoms with Crippen molar-refractivity contribution in [1.82, 2.24) is 14.8 Å². The molecular formula is C22H23N5O3. The first-order chi connectivity index (χ1) is 14.6. The van der Waals surface area contributed by atoms with Crippen molar-refractivity contribution < 1.29 is 14.3 Å². The normalized spacial score (nSPS) is 15.2. The Balaban J connectivity index is 1.78. The van der Waals surface area contributed by atoms with Gasteiger partial charge in [0.05, 0.1) is 19.3 Å². The maximum Gasteiger partial charge on any atom is 0.255 e. The van der Waals surface area contributed by atoms with Gasteiger partial charge in [0.1, 0.15) is 12.4 Å². The molecule has 0 saturated heterocycles. The molecule has 0 unspecified atom stereocenters. The van der Waals surface area contributed by atoms with Crippen molar-refractivity contribution in [2.45, 2.75) is 19.9 Å². The molecule has 0 aliphatic carbocycles. The van der Waals surface area contributed by atoms with E-state index in [1.54, 1.807) is 11.8 Å². The summed E-state index contributed by atoms with van der Waals surface area (Å²) in [6, 6.07) is 14.5. The summed E-state index contributed by atoms with van der Waals surface area (Å²) in [5.74, 6) is 1.59. The fraction of sp³-hybridized carbons (Fsp3) is 0.227. The highest BCUT2D eigenvalue weighted by molar-refractivity contribution is 6.06. The van der Waals surface area contributed by atoms with Crippen LogP contribution in [0.2, 0.25) is 0 Å². The lowest BCUT2D eigenvalue weighted by atomic mass is 9.94. The molecule has 2 aromatic carbocycles. The third kappa shape index (κ3) is 3.59. The Bertz CT molecular complexity index is 1090. The lowest BCUT2D eigenvalue weighted by Crippen LogP contribution is -2.31. The SMILES string of the molecule is CCOc1cc([C@H]2C(C(=O)Nc3ccccc3)=C(C)Nc3ncnn32)ccc1OC. The predicted molar refractivity (Wildman–Crippen MR) is 114 cm³/mol. The van der Waals surface area contributed by atoms with Crippen LogP contribution in [0, 0.1) is 0 Å². The lowest BCUT2D eigenvalue weighted by molar-refractivity contribution is -0.113. The zero-order valence-corrected chi connectivity index (χ0v) is 17.0. The number of carbonyl (C=O) groups excluding carboxylic acids is 1. The van der Waals surface area contributed by atoms with E-state index in [-0.39, 0.29) is 5.91 Å². The van der Waals surface area contributed by atoms with E-state index in [2.05, 4.69) is 20.7 Å². The number of rotatable bonds is 6. The van der Waals surface area contributed by atoms with Crippen LogP contribution in [0.4, 0.5) is 11.6 Å². The summed E-state index contributed by atoms with van der Waals surface area (Å²) >= 11 is 0. The molecule has 0 saturated carbocycles. The summed E-state index contributed by atoms with van der Waals surface area (Å²) in [6.45, 7) is 4.27. The number of anilines is 2. The van der Waals surface area contributed by atoms with E-state index in [4.69, 9.17) is 9.47 Å². The minimum Gasteiger partial charge on any atom is -0.493 e. The second-order valence-electron chi connectivity index (χ2n) is 6.76. The molecule has 1 aromatic heterocycles. The molecule has 0 fully saturated rings. The number of aromatic nitrogens is 3. The fourth-order valence-corrected chi connectivity index (χ4v) is 3.54. The van der Waals surface area contributed by atoms with Gasteiger partial charge in [0, 0.05) is 11.4 Å². The monoisotopic (exact) mass is 405 g/mol. The first-order valence-corrected chi connectivity index (χ1v) is 9.66. The quantitative estimate of drug-likeness (QED) is 0.651. The Labute approximate surface area is 174 Å². The lowest BCUT2D eigenvalue weighted by Gasteiger charge is -2.29. The molecule has 2 heterocycles. The van der Waals surface area contributed by atoms with Crippen molar-refractivity contribution >= 4 is 17.5 Å². The zero-order valence-electron chi connectivity index (χ0n) is 17.0. The van der Waals surface area contributed by atoms with E-state index in [9.17, 15) is 4.79 Å². The fourth-order valence-electron chi connectivity index (χ4n) is 3.54. The van der Waals surface area contributed by atoms with Gasteiger partial charge in [-0.05, 0) is 43.7 Å². The van der Waals surface area contributed by atoms with Crippen LogP contribution in [0.25, 0.3) is 0 Å². The average molecular weight is 405 g/mol. The average Bonchev–Trinajstić information content (AvgIpc) is 3.21. The highest BCUT2D eigenvalue weighted by Gasteiger charge is 2.34. The van der Waals surface area contributed by atoms with Gasteiger partial charge < -0.3 is 20.1 Å². The van der Waals surface area contributed by atoms with Crippen LogP contribution in [0.5, 0.6) is 11.5 Å². The molecule has 1 aliphatic rings. The maximum atomic E-state index is 13.3. The molecule has 1 aliphatic heterocycles. The van der Waals surface area contributed by atoms with E-state index < -0.39 is 6.04 Å². The highest BCUT2D eigenvalue weighted by Crippen LogP contribution is 2.38. The number of nitrogens with zero attached hydrogens (tertiary/aromatic N) is 3. The number of allylic oxidation sites excluding steroid dienone is 1. The Morgan fingerprint density at radius 3 is 2.73 bits per heavy atom. The van der Waals surface area contributed by atoms with E-state index in [0.717, 1.165) is 11.3 Å². The van der Waals surface area contributed by atoms with Crippen molar-refractivity contribution in [3.63, 3.8) is 0 Å². The minimum atomic E-state index is -0.474. The van der Waals surface area contributed by atoms with Gasteiger partial charge in [0.25, 0.3) is 5.91 Å². The number of amides is 1. The van der Waals surface area contributed by atoms with Gasteiger partial charge in [-0.1, -0.05) is 24.3 Å². The van der Waals surface area contributed by atoms with E-state index in [1.807, 2.05) is 62.4 Å². The highest BCUT2D eigenvalue weighted by atomic mass is 16.5. The molecule has 30 heavy (non-hydrogen) atoms. The van der Waals surface area contributed by atoms with E-state index in [0.29, 0.717) is 35.3 Å². The summed E-state index contributed by atoms with van der Waals surface area (Å²) in [5, 5.41) is 10.5. The summed E-state index contributed by atoms with van der Waals surface area (Å²) in [6.07, 6.45) is 1.47. The van der Waals surface area contributed by atoms with Crippen LogP contribution < -0.4 is 20.1 Å². The molecule has 8 heteroatoms. The van der Waals surface area contributed by atoms with Crippen LogP contribution in [-0.2, 0) is 4.79 Å². The number of hydrogen-bond acceptors (Lipinski definition) is 6. The smallest absolute Gasteiger partial charge is 0.255 e. The molecule has 0 spiro atoms. The Kier molecular flexibility index (Phi) is 5.38. The third-order valence-corrected chi connectivity index (χ3v) is 4.87. The van der Waals surface area contributed by atoms with Gasteiger partial charge in [-0.15, -0.1) is 0 Å². The van der Waals surface area contributed by atoms with E-state index in [1.165, 1.54) is 6.33 Å². The van der Waals surface area contributed by atoms with Crippen LogP contribution in [0.1, 0.15) is 25.5 Å². The number of carbonyl (C=O) groups is 1. The van der Waals surface area contributed by atoms with Gasteiger partial charge in [0.2, 0.25) is 5.95 Å². The number of benzene rings is 2. The standard InChI is InChI=1S/C22H23N5O3/c1-4-30-18-12-15(10-11-17(18)29-3)20-19(14(2)25-22-23-13-24-27(20)22)21(28)26-16-8-6-5-7-9-16/h5-13,20H,4H2,1-3H3,(H,26,28)(H,23,24,25)/t20-/m0/s1. The molecule has 4 rings (SSSR count). The van der Waals surface area contributed by atoms with Crippen molar-refractivity contribution in [1.29, 1.82) is 0 Å². The molecule has 154 valence electrons. The first kappa shape index (κ1) is 19.5. The number of methoxy groups -OCH3 is 1. The molecule has 3 aromatic rings. The van der Waals surface area contributed by atoms with Crippen LogP contribution in [0.3, 0.4) is 0 Å². The zero-order chi connectivity index (χ0) is 21.1. The molecule has 0 bridgehead atoms. The summed E-state index contributed by atoms with van der Waals surface area (Å²) < 4.78 is 12.8.